The zero-order chi connectivity index (χ0) is 13.7. The molecular formula is C10H9BrFNO5. The van der Waals surface area contributed by atoms with Gasteiger partial charge in [-0.2, -0.15) is 0 Å². The fourth-order valence-electron chi connectivity index (χ4n) is 1.14. The Labute approximate surface area is 110 Å². The van der Waals surface area contributed by atoms with E-state index in [9.17, 15) is 19.3 Å². The van der Waals surface area contributed by atoms with E-state index in [2.05, 4.69) is 20.7 Å². The van der Waals surface area contributed by atoms with Crippen molar-refractivity contribution in [1.82, 2.24) is 0 Å². The van der Waals surface area contributed by atoms with Gasteiger partial charge in [0.2, 0.25) is 5.75 Å². The molecule has 0 atom stereocenters. The maximum atomic E-state index is 13.5. The lowest BCUT2D eigenvalue weighted by Gasteiger charge is -2.07. The highest BCUT2D eigenvalue weighted by molar-refractivity contribution is 9.08. The maximum Gasteiger partial charge on any atom is 0.343 e. The number of carbonyl (C=O) groups is 1. The van der Waals surface area contributed by atoms with E-state index in [0.29, 0.717) is 0 Å². The summed E-state index contributed by atoms with van der Waals surface area (Å²) in [6, 6.07) is 1.92. The highest BCUT2D eigenvalue weighted by Gasteiger charge is 2.20. The summed E-state index contributed by atoms with van der Waals surface area (Å²) < 4.78 is 22.6. The number of nitro groups is 1. The molecule has 1 aromatic rings. The molecular weight excluding hydrogens is 313 g/mol. The minimum Gasteiger partial charge on any atom is -0.475 e. The summed E-state index contributed by atoms with van der Waals surface area (Å²) in [7, 11) is 1.15. The molecule has 0 bridgehead atoms. The number of carbonyl (C=O) groups excluding carboxylic acids is 1. The minimum atomic E-state index is -0.714. The van der Waals surface area contributed by atoms with Crippen LogP contribution in [0.15, 0.2) is 12.1 Å². The first-order valence-electron chi connectivity index (χ1n) is 4.72. The quantitative estimate of drug-likeness (QED) is 0.359. The van der Waals surface area contributed by atoms with E-state index in [1.807, 2.05) is 0 Å². The van der Waals surface area contributed by atoms with Gasteiger partial charge in [0.05, 0.1) is 12.0 Å². The lowest BCUT2D eigenvalue weighted by molar-refractivity contribution is -0.385. The number of hydrogen-bond acceptors (Lipinski definition) is 5. The number of esters is 1. The average molecular weight is 322 g/mol. The molecule has 0 fully saturated rings. The molecule has 0 heterocycles. The zero-order valence-electron chi connectivity index (χ0n) is 9.31. The van der Waals surface area contributed by atoms with Gasteiger partial charge in [-0.1, -0.05) is 15.9 Å². The van der Waals surface area contributed by atoms with Crippen LogP contribution in [0, 0.1) is 15.9 Å². The molecule has 0 aliphatic heterocycles. The summed E-state index contributed by atoms with van der Waals surface area (Å²) >= 11 is 3.01. The molecule has 0 aliphatic carbocycles. The van der Waals surface area contributed by atoms with Gasteiger partial charge in [-0.3, -0.25) is 10.1 Å². The van der Waals surface area contributed by atoms with Crippen LogP contribution in [0.3, 0.4) is 0 Å². The van der Waals surface area contributed by atoms with Gasteiger partial charge < -0.3 is 9.47 Å². The van der Waals surface area contributed by atoms with E-state index in [1.165, 1.54) is 0 Å². The van der Waals surface area contributed by atoms with Crippen molar-refractivity contribution in [2.45, 2.75) is 5.33 Å². The number of alkyl halides is 1. The highest BCUT2D eigenvalue weighted by atomic mass is 79.9. The van der Waals surface area contributed by atoms with Crippen molar-refractivity contribution in [1.29, 1.82) is 0 Å². The van der Waals surface area contributed by atoms with Gasteiger partial charge in [0.15, 0.2) is 6.61 Å². The Kier molecular flexibility index (Phi) is 5.02. The molecule has 0 aromatic heterocycles. The maximum absolute atomic E-state index is 13.5. The zero-order valence-corrected chi connectivity index (χ0v) is 10.9. The normalized spacial score (nSPS) is 9.94. The standard InChI is InChI=1S/C10H9BrFNO5/c1-17-10(14)5-18-9-3-7(12)6(4-11)2-8(9)13(15)16/h2-3H,4-5H2,1H3. The molecule has 0 N–H and O–H groups in total. The number of benzene rings is 1. The fourth-order valence-corrected chi connectivity index (χ4v) is 1.57. The lowest BCUT2D eigenvalue weighted by Crippen LogP contribution is -2.13. The SMILES string of the molecule is COC(=O)COc1cc(F)c(CBr)cc1[N+](=O)[O-]. The fraction of sp³-hybridized carbons (Fsp3) is 0.300. The largest absolute Gasteiger partial charge is 0.475 e. The van der Waals surface area contributed by atoms with Gasteiger partial charge in [0, 0.05) is 23.0 Å². The number of ether oxygens (including phenoxy) is 2. The van der Waals surface area contributed by atoms with Crippen LogP contribution in [0.25, 0.3) is 0 Å². The van der Waals surface area contributed by atoms with E-state index in [-0.39, 0.29) is 16.6 Å². The van der Waals surface area contributed by atoms with Crippen molar-refractivity contribution in [3.05, 3.63) is 33.6 Å². The molecule has 0 amide bonds. The van der Waals surface area contributed by atoms with Crippen molar-refractivity contribution >= 4 is 27.6 Å². The summed E-state index contributed by atoms with van der Waals surface area (Å²) in [6.45, 7) is -0.523. The second-order valence-electron chi connectivity index (χ2n) is 3.17. The molecule has 0 radical (unpaired) electrons. The second-order valence-corrected chi connectivity index (χ2v) is 3.73. The topological polar surface area (TPSA) is 78.7 Å². The van der Waals surface area contributed by atoms with E-state index < -0.39 is 29.0 Å². The van der Waals surface area contributed by atoms with E-state index in [1.54, 1.807) is 0 Å². The summed E-state index contributed by atoms with van der Waals surface area (Å²) in [6.07, 6.45) is 0. The van der Waals surface area contributed by atoms with Crippen LogP contribution in [0.4, 0.5) is 10.1 Å². The number of nitrogens with zero attached hydrogens (tertiary/aromatic N) is 1. The highest BCUT2D eigenvalue weighted by Crippen LogP contribution is 2.30. The van der Waals surface area contributed by atoms with E-state index in [0.717, 1.165) is 19.2 Å². The molecule has 1 aromatic carbocycles. The second kappa shape index (κ2) is 6.29. The lowest BCUT2D eigenvalue weighted by atomic mass is 10.2. The Morgan fingerprint density at radius 2 is 2.22 bits per heavy atom. The summed E-state index contributed by atoms with van der Waals surface area (Å²) in [5.41, 5.74) is -0.276. The molecule has 1 rings (SSSR count). The van der Waals surface area contributed by atoms with Crippen LogP contribution in [0.2, 0.25) is 0 Å². The third kappa shape index (κ3) is 3.39. The molecule has 0 spiro atoms. The van der Waals surface area contributed by atoms with Crippen molar-refractivity contribution in [3.8, 4) is 5.75 Å². The van der Waals surface area contributed by atoms with Gasteiger partial charge in [-0.05, 0) is 0 Å². The Hall–Kier alpha value is -1.70. The first-order chi connectivity index (χ1) is 8.49. The summed E-state index contributed by atoms with van der Waals surface area (Å²) in [5.74, 6) is -1.68. The molecule has 18 heavy (non-hydrogen) atoms. The molecule has 0 unspecified atom stereocenters. The smallest absolute Gasteiger partial charge is 0.343 e. The Morgan fingerprint density at radius 1 is 1.56 bits per heavy atom. The van der Waals surface area contributed by atoms with Gasteiger partial charge in [0.1, 0.15) is 5.82 Å². The number of rotatable bonds is 5. The van der Waals surface area contributed by atoms with Gasteiger partial charge in [-0.15, -0.1) is 0 Å². The van der Waals surface area contributed by atoms with Crippen LogP contribution in [0.1, 0.15) is 5.56 Å². The van der Waals surface area contributed by atoms with E-state index in [4.69, 9.17) is 4.74 Å². The molecule has 8 heteroatoms. The monoisotopic (exact) mass is 321 g/mol. The van der Waals surface area contributed by atoms with Crippen LogP contribution in [-0.4, -0.2) is 24.6 Å². The van der Waals surface area contributed by atoms with Crippen molar-refractivity contribution in [3.63, 3.8) is 0 Å². The van der Waals surface area contributed by atoms with Crippen LogP contribution >= 0.6 is 15.9 Å². The third-order valence-corrected chi connectivity index (χ3v) is 2.65. The van der Waals surface area contributed by atoms with Crippen molar-refractivity contribution in [2.75, 3.05) is 13.7 Å². The van der Waals surface area contributed by atoms with Gasteiger partial charge in [0.25, 0.3) is 0 Å². The predicted octanol–water partition coefficient (Wildman–Crippen LogP) is 2.18. The Bertz CT molecular complexity index is 480. The number of nitro benzene ring substituents is 1. The number of hydrogen-bond donors (Lipinski definition) is 0. The first kappa shape index (κ1) is 14.4. The predicted molar refractivity (Wildman–Crippen MR) is 63.2 cm³/mol. The van der Waals surface area contributed by atoms with Gasteiger partial charge in [-0.25, -0.2) is 9.18 Å². The van der Waals surface area contributed by atoms with Crippen LogP contribution in [0.5, 0.6) is 5.75 Å². The van der Waals surface area contributed by atoms with Crippen molar-refractivity contribution in [2.24, 2.45) is 0 Å². The molecule has 6 nitrogen and oxygen atoms in total. The van der Waals surface area contributed by atoms with Crippen molar-refractivity contribution < 1.29 is 23.6 Å². The van der Waals surface area contributed by atoms with Crippen LogP contribution < -0.4 is 4.74 Å². The van der Waals surface area contributed by atoms with E-state index >= 15 is 0 Å². The average Bonchev–Trinajstić information content (AvgIpc) is 2.35. The first-order valence-corrected chi connectivity index (χ1v) is 5.84. The Morgan fingerprint density at radius 3 is 2.72 bits per heavy atom. The summed E-state index contributed by atoms with van der Waals surface area (Å²) in [4.78, 5) is 20.9. The molecule has 0 aliphatic rings. The summed E-state index contributed by atoms with van der Waals surface area (Å²) in [5, 5.41) is 10.9. The molecule has 0 saturated heterocycles. The minimum absolute atomic E-state index is 0.132. The number of halogens is 2. The molecule has 98 valence electrons. The Balaban J connectivity index is 3.05. The molecule has 0 saturated carbocycles. The third-order valence-electron chi connectivity index (χ3n) is 2.04. The van der Waals surface area contributed by atoms with Gasteiger partial charge >= 0.3 is 11.7 Å². The number of methoxy groups -OCH3 is 1. The van der Waals surface area contributed by atoms with Crippen LogP contribution in [-0.2, 0) is 14.9 Å².